The minimum absolute atomic E-state index is 0.0257. The van der Waals surface area contributed by atoms with Crippen LogP contribution in [0.4, 0.5) is 0 Å². The summed E-state index contributed by atoms with van der Waals surface area (Å²) in [7, 11) is -3.45. The summed E-state index contributed by atoms with van der Waals surface area (Å²) in [5.74, 6) is -0.162. The summed E-state index contributed by atoms with van der Waals surface area (Å²) >= 11 is 1.23. The zero-order chi connectivity index (χ0) is 21.1. The summed E-state index contributed by atoms with van der Waals surface area (Å²) in [6, 6.07) is 7.60. The first-order valence-electron chi connectivity index (χ1n) is 10.8. The molecular weight excluding hydrogens is 418 g/mol. The molecule has 4 rings (SSSR count). The first-order valence-corrected chi connectivity index (χ1v) is 13.1. The van der Waals surface area contributed by atoms with Crippen LogP contribution in [0.15, 0.2) is 45.0 Å². The van der Waals surface area contributed by atoms with Gasteiger partial charge in [0.25, 0.3) is 10.0 Å². The van der Waals surface area contributed by atoms with E-state index in [9.17, 15) is 13.2 Å². The molecule has 1 aliphatic carbocycles. The summed E-state index contributed by atoms with van der Waals surface area (Å²) in [6.07, 6.45) is 8.73. The van der Waals surface area contributed by atoms with Crippen molar-refractivity contribution in [1.82, 2.24) is 8.87 Å². The Labute approximate surface area is 182 Å². The van der Waals surface area contributed by atoms with Crippen LogP contribution in [0.1, 0.15) is 55.3 Å². The maximum absolute atomic E-state index is 13.3. The molecule has 1 aliphatic heterocycles. The summed E-state index contributed by atoms with van der Waals surface area (Å²) in [4.78, 5) is 18.2. The quantitative estimate of drug-likeness (QED) is 0.715. The molecule has 2 aromatic rings. The molecule has 0 spiro atoms. The first-order chi connectivity index (χ1) is 14.4. The van der Waals surface area contributed by atoms with E-state index < -0.39 is 10.0 Å². The highest BCUT2D eigenvalue weighted by Crippen LogP contribution is 2.27. The molecule has 30 heavy (non-hydrogen) atoms. The maximum Gasteiger partial charge on any atom is 0.252 e. The largest absolute Gasteiger partial charge is 0.274 e. The number of carbonyl (C=O) groups is 1. The first kappa shape index (κ1) is 21.5. The molecule has 2 aromatic heterocycles. The van der Waals surface area contributed by atoms with Crippen LogP contribution in [0.25, 0.3) is 0 Å². The number of sulfonamides is 1. The molecular formula is C22H29N3O3S2. The predicted molar refractivity (Wildman–Crippen MR) is 118 cm³/mol. The highest BCUT2D eigenvalue weighted by Gasteiger charge is 2.33. The van der Waals surface area contributed by atoms with Crippen molar-refractivity contribution >= 4 is 27.3 Å². The fourth-order valence-corrected chi connectivity index (χ4v) is 6.96. The highest BCUT2D eigenvalue weighted by molar-refractivity contribution is 7.91. The van der Waals surface area contributed by atoms with Gasteiger partial charge < -0.3 is 0 Å². The van der Waals surface area contributed by atoms with Crippen molar-refractivity contribution in [2.75, 3.05) is 13.1 Å². The Morgan fingerprint density at radius 1 is 1.10 bits per heavy atom. The Balaban J connectivity index is 1.50. The summed E-state index contributed by atoms with van der Waals surface area (Å²) in [5.41, 5.74) is 1.83. The summed E-state index contributed by atoms with van der Waals surface area (Å²) in [5, 5.41) is 1.77. The molecule has 0 atom stereocenters. The van der Waals surface area contributed by atoms with E-state index in [1.807, 2.05) is 25.3 Å². The van der Waals surface area contributed by atoms with E-state index in [2.05, 4.69) is 0 Å². The normalized spacial score (nSPS) is 20.5. The third-order valence-electron chi connectivity index (χ3n) is 6.11. The standard InChI is InChI=1S/C22H29N3O3S2/c1-17-9-14-25(20(16-17)23-19-6-3-2-4-7-19)22(26)18-10-12-24(13-11-18)30(27,28)21-8-5-15-29-21/h5,8-9,14-16,18-19H,2-4,6-7,10-13H2,1H3. The van der Waals surface area contributed by atoms with E-state index >= 15 is 0 Å². The van der Waals surface area contributed by atoms with Gasteiger partial charge in [-0.25, -0.2) is 8.42 Å². The fraction of sp³-hybridized carbons (Fsp3) is 0.545. The number of pyridine rings is 1. The molecule has 0 bridgehead atoms. The zero-order valence-corrected chi connectivity index (χ0v) is 19.0. The number of rotatable bonds is 4. The number of hydrogen-bond acceptors (Lipinski definition) is 5. The van der Waals surface area contributed by atoms with Gasteiger partial charge in [-0.15, -0.1) is 11.3 Å². The number of aryl methyl sites for hydroxylation is 1. The Hall–Kier alpha value is -1.77. The van der Waals surface area contributed by atoms with E-state index in [-0.39, 0.29) is 17.9 Å². The van der Waals surface area contributed by atoms with Gasteiger partial charge in [0.15, 0.2) is 0 Å². The molecule has 0 aromatic carbocycles. The zero-order valence-electron chi connectivity index (χ0n) is 17.4. The molecule has 2 aliphatic rings. The minimum Gasteiger partial charge on any atom is -0.274 e. The van der Waals surface area contributed by atoms with Crippen LogP contribution in [-0.4, -0.2) is 42.3 Å². The van der Waals surface area contributed by atoms with Crippen molar-refractivity contribution in [1.29, 1.82) is 0 Å². The number of hydrogen-bond donors (Lipinski definition) is 0. The van der Waals surface area contributed by atoms with E-state index in [4.69, 9.17) is 4.99 Å². The lowest BCUT2D eigenvalue weighted by atomic mass is 9.96. The number of carbonyl (C=O) groups excluding carboxylic acids is 1. The fourth-order valence-electron chi connectivity index (χ4n) is 4.35. The lowest BCUT2D eigenvalue weighted by Crippen LogP contribution is -2.42. The second-order valence-electron chi connectivity index (χ2n) is 8.30. The van der Waals surface area contributed by atoms with Crippen LogP contribution in [0.3, 0.4) is 0 Å². The van der Waals surface area contributed by atoms with Gasteiger partial charge in [-0.1, -0.05) is 25.3 Å². The predicted octanol–water partition coefficient (Wildman–Crippen LogP) is 3.83. The summed E-state index contributed by atoms with van der Waals surface area (Å²) in [6.45, 7) is 2.76. The lowest BCUT2D eigenvalue weighted by molar-refractivity contribution is 0.0780. The Morgan fingerprint density at radius 2 is 1.83 bits per heavy atom. The molecule has 0 unspecified atom stereocenters. The van der Waals surface area contributed by atoms with Crippen molar-refractivity contribution in [3.63, 3.8) is 0 Å². The third kappa shape index (κ3) is 4.60. The van der Waals surface area contributed by atoms with Crippen LogP contribution < -0.4 is 5.49 Å². The SMILES string of the molecule is Cc1ccn(C(=O)C2CCN(S(=O)(=O)c3cccs3)CC2)c(=NC2CCCCC2)c1. The van der Waals surface area contributed by atoms with Crippen LogP contribution in [0, 0.1) is 12.8 Å². The molecule has 2 fully saturated rings. The number of piperidine rings is 1. The van der Waals surface area contributed by atoms with Crippen molar-refractivity contribution in [3.05, 3.63) is 46.9 Å². The molecule has 0 radical (unpaired) electrons. The van der Waals surface area contributed by atoms with Crippen molar-refractivity contribution < 1.29 is 13.2 Å². The van der Waals surface area contributed by atoms with Gasteiger partial charge in [-0.2, -0.15) is 4.31 Å². The highest BCUT2D eigenvalue weighted by atomic mass is 32.2. The smallest absolute Gasteiger partial charge is 0.252 e. The van der Waals surface area contributed by atoms with Gasteiger partial charge in [0, 0.05) is 25.2 Å². The number of nitrogens with zero attached hydrogens (tertiary/aromatic N) is 3. The lowest BCUT2D eigenvalue weighted by Gasteiger charge is -2.30. The molecule has 1 saturated heterocycles. The molecule has 0 amide bonds. The van der Waals surface area contributed by atoms with E-state index in [1.165, 1.54) is 34.9 Å². The molecule has 0 N–H and O–H groups in total. The van der Waals surface area contributed by atoms with Gasteiger partial charge >= 0.3 is 0 Å². The molecule has 3 heterocycles. The van der Waals surface area contributed by atoms with Crippen LogP contribution >= 0.6 is 11.3 Å². The van der Waals surface area contributed by atoms with Gasteiger partial charge in [0.1, 0.15) is 9.70 Å². The average molecular weight is 448 g/mol. The van der Waals surface area contributed by atoms with Gasteiger partial charge in [0.2, 0.25) is 5.91 Å². The van der Waals surface area contributed by atoms with Crippen molar-refractivity contribution in [2.45, 2.75) is 62.1 Å². The Morgan fingerprint density at radius 3 is 2.50 bits per heavy atom. The molecule has 8 heteroatoms. The van der Waals surface area contributed by atoms with Crippen LogP contribution in [0.5, 0.6) is 0 Å². The minimum atomic E-state index is -3.45. The van der Waals surface area contributed by atoms with Gasteiger partial charge in [-0.05, 0) is 61.7 Å². The topological polar surface area (TPSA) is 71.7 Å². The molecule has 6 nitrogen and oxygen atoms in total. The van der Waals surface area contributed by atoms with E-state index in [0.717, 1.165) is 23.9 Å². The Bertz CT molecular complexity index is 1040. The monoisotopic (exact) mass is 447 g/mol. The van der Waals surface area contributed by atoms with Crippen LogP contribution in [0.2, 0.25) is 0 Å². The average Bonchev–Trinajstić information content (AvgIpc) is 3.30. The summed E-state index contributed by atoms with van der Waals surface area (Å²) < 4.78 is 29.0. The van der Waals surface area contributed by atoms with Crippen LogP contribution in [-0.2, 0) is 10.0 Å². The molecule has 162 valence electrons. The number of thiophene rings is 1. The van der Waals surface area contributed by atoms with E-state index in [0.29, 0.717) is 30.1 Å². The van der Waals surface area contributed by atoms with Gasteiger partial charge in [0.05, 0.1) is 6.04 Å². The van der Waals surface area contributed by atoms with Crippen molar-refractivity contribution in [2.24, 2.45) is 10.9 Å². The second-order valence-corrected chi connectivity index (χ2v) is 11.4. The third-order valence-corrected chi connectivity index (χ3v) is 9.38. The maximum atomic E-state index is 13.3. The Kier molecular flexibility index (Phi) is 6.55. The second kappa shape index (κ2) is 9.16. The number of aromatic nitrogens is 1. The molecule has 1 saturated carbocycles. The van der Waals surface area contributed by atoms with Crippen molar-refractivity contribution in [3.8, 4) is 0 Å². The van der Waals surface area contributed by atoms with Gasteiger partial charge in [-0.3, -0.25) is 14.4 Å². The van der Waals surface area contributed by atoms with E-state index in [1.54, 1.807) is 22.1 Å².